The number of ether oxygens (including phenoxy) is 3. The predicted molar refractivity (Wildman–Crippen MR) is 137 cm³/mol. The van der Waals surface area contributed by atoms with Gasteiger partial charge in [-0.3, -0.25) is 24.3 Å². The van der Waals surface area contributed by atoms with E-state index in [1.165, 1.54) is 37.6 Å². The van der Waals surface area contributed by atoms with E-state index in [2.05, 4.69) is 15.6 Å². The average molecular weight is 523 g/mol. The number of nitrogens with zero attached hydrogens (tertiary/aromatic N) is 2. The molecule has 3 aromatic rings. The minimum Gasteiger partial charge on any atom is -0.493 e. The lowest BCUT2D eigenvalue weighted by molar-refractivity contribution is -0.126. The second-order valence-electron chi connectivity index (χ2n) is 8.53. The van der Waals surface area contributed by atoms with E-state index in [0.717, 1.165) is 12.8 Å². The molecule has 0 radical (unpaired) electrons. The van der Waals surface area contributed by atoms with Crippen molar-refractivity contribution in [1.82, 2.24) is 15.6 Å². The van der Waals surface area contributed by atoms with Crippen LogP contribution in [-0.4, -0.2) is 62.7 Å². The Morgan fingerprint density at radius 3 is 2.61 bits per heavy atom. The summed E-state index contributed by atoms with van der Waals surface area (Å²) < 4.78 is 21.6. The number of hydrogen-bond acceptors (Lipinski definition) is 8. The Morgan fingerprint density at radius 1 is 1.11 bits per heavy atom. The normalized spacial score (nSPS) is 15.4. The zero-order valence-corrected chi connectivity index (χ0v) is 21.2. The second kappa shape index (κ2) is 12.7. The number of carbonyl (C=O) groups excluding carboxylic acids is 3. The zero-order valence-electron chi connectivity index (χ0n) is 21.2. The van der Waals surface area contributed by atoms with Crippen LogP contribution >= 0.6 is 0 Å². The largest absolute Gasteiger partial charge is 0.493 e. The quantitative estimate of drug-likeness (QED) is 0.393. The van der Waals surface area contributed by atoms with E-state index in [-0.39, 0.29) is 11.9 Å². The molecule has 1 aliphatic rings. The van der Waals surface area contributed by atoms with E-state index in [1.54, 1.807) is 42.6 Å². The van der Waals surface area contributed by atoms with Crippen molar-refractivity contribution in [2.24, 2.45) is 0 Å². The molecule has 2 aromatic heterocycles. The Balaban J connectivity index is 1.68. The van der Waals surface area contributed by atoms with Gasteiger partial charge in [0, 0.05) is 19.3 Å². The molecule has 0 aliphatic carbocycles. The molecule has 1 fully saturated rings. The lowest BCUT2D eigenvalue weighted by Crippen LogP contribution is -2.48. The Labute approximate surface area is 220 Å². The van der Waals surface area contributed by atoms with Gasteiger partial charge in [0.25, 0.3) is 5.91 Å². The number of furan rings is 1. The zero-order chi connectivity index (χ0) is 26.9. The standard InChI is InChI=1S/C27H30N4O7/c1-35-21-10-9-18(14-23(21)36-2)25(27(34)29-16-20-7-4-12-37-20)31(19-6-3-11-28-15-19)24(32)17-30-26(33)22-8-5-13-38-22/h3,5-6,8-11,13-15,20,25H,4,7,12,16-17H2,1-2H3,(H,29,34)(H,30,33). The number of rotatable bonds is 11. The monoisotopic (exact) mass is 522 g/mol. The molecule has 38 heavy (non-hydrogen) atoms. The first-order valence-corrected chi connectivity index (χ1v) is 12.2. The topological polar surface area (TPSA) is 132 Å². The van der Waals surface area contributed by atoms with E-state index >= 15 is 0 Å². The van der Waals surface area contributed by atoms with Crippen LogP contribution < -0.4 is 25.0 Å². The van der Waals surface area contributed by atoms with Gasteiger partial charge in [0.1, 0.15) is 6.04 Å². The van der Waals surface area contributed by atoms with Crippen LogP contribution in [-0.2, 0) is 14.3 Å². The maximum Gasteiger partial charge on any atom is 0.287 e. The van der Waals surface area contributed by atoms with Crippen molar-refractivity contribution in [1.29, 1.82) is 0 Å². The first-order valence-electron chi connectivity index (χ1n) is 12.2. The van der Waals surface area contributed by atoms with Gasteiger partial charge in [-0.05, 0) is 54.8 Å². The summed E-state index contributed by atoms with van der Waals surface area (Å²) in [6.07, 6.45) is 6.08. The second-order valence-corrected chi connectivity index (χ2v) is 8.53. The number of methoxy groups -OCH3 is 2. The number of carbonyl (C=O) groups is 3. The van der Waals surface area contributed by atoms with Gasteiger partial charge in [-0.15, -0.1) is 0 Å². The molecule has 3 amide bonds. The van der Waals surface area contributed by atoms with Crippen LogP contribution in [0.3, 0.4) is 0 Å². The molecule has 11 heteroatoms. The summed E-state index contributed by atoms with van der Waals surface area (Å²) >= 11 is 0. The van der Waals surface area contributed by atoms with E-state index in [9.17, 15) is 14.4 Å². The molecule has 4 rings (SSSR count). The molecule has 2 atom stereocenters. The first-order chi connectivity index (χ1) is 18.5. The van der Waals surface area contributed by atoms with Crippen LogP contribution in [0.2, 0.25) is 0 Å². The SMILES string of the molecule is COc1ccc(C(C(=O)NCC2CCCO2)N(C(=O)CNC(=O)c2ccco2)c2cccnc2)cc1OC. The smallest absolute Gasteiger partial charge is 0.287 e. The van der Waals surface area contributed by atoms with E-state index in [0.29, 0.717) is 35.9 Å². The van der Waals surface area contributed by atoms with Crippen LogP contribution in [0, 0.1) is 0 Å². The molecule has 1 aliphatic heterocycles. The van der Waals surface area contributed by atoms with Crippen molar-refractivity contribution >= 4 is 23.4 Å². The fourth-order valence-corrected chi connectivity index (χ4v) is 4.23. The summed E-state index contributed by atoms with van der Waals surface area (Å²) in [5.41, 5.74) is 0.846. The van der Waals surface area contributed by atoms with Crippen molar-refractivity contribution in [3.63, 3.8) is 0 Å². The lowest BCUT2D eigenvalue weighted by atomic mass is 10.0. The number of hydrogen-bond donors (Lipinski definition) is 2. The molecule has 3 heterocycles. The molecular weight excluding hydrogens is 492 g/mol. The molecule has 11 nitrogen and oxygen atoms in total. The summed E-state index contributed by atoms with van der Waals surface area (Å²) in [6, 6.07) is 10.3. The van der Waals surface area contributed by atoms with Crippen molar-refractivity contribution in [2.45, 2.75) is 25.0 Å². The van der Waals surface area contributed by atoms with E-state index in [4.69, 9.17) is 18.6 Å². The molecular formula is C27H30N4O7. The minimum atomic E-state index is -1.12. The number of aromatic nitrogens is 1. The maximum absolute atomic E-state index is 13.7. The maximum atomic E-state index is 13.7. The summed E-state index contributed by atoms with van der Waals surface area (Å²) in [5.74, 6) is -0.588. The summed E-state index contributed by atoms with van der Waals surface area (Å²) in [4.78, 5) is 45.3. The van der Waals surface area contributed by atoms with Gasteiger partial charge in [-0.2, -0.15) is 0 Å². The summed E-state index contributed by atoms with van der Waals surface area (Å²) in [7, 11) is 3.00. The van der Waals surface area contributed by atoms with Crippen LogP contribution in [0.1, 0.15) is 35.0 Å². The third-order valence-corrected chi connectivity index (χ3v) is 6.10. The first kappa shape index (κ1) is 26.7. The fourth-order valence-electron chi connectivity index (χ4n) is 4.23. The van der Waals surface area contributed by atoms with Crippen molar-refractivity contribution in [2.75, 3.05) is 38.8 Å². The lowest BCUT2D eigenvalue weighted by Gasteiger charge is -2.32. The van der Waals surface area contributed by atoms with Crippen molar-refractivity contribution in [3.05, 3.63) is 72.4 Å². The molecule has 0 bridgehead atoms. The number of pyridine rings is 1. The van der Waals surface area contributed by atoms with Crippen molar-refractivity contribution in [3.8, 4) is 11.5 Å². The van der Waals surface area contributed by atoms with Crippen LogP contribution in [0.4, 0.5) is 5.69 Å². The van der Waals surface area contributed by atoms with Gasteiger partial charge < -0.3 is 29.3 Å². The Kier molecular flexibility index (Phi) is 8.94. The molecule has 200 valence electrons. The number of benzene rings is 1. The summed E-state index contributed by atoms with van der Waals surface area (Å²) in [6.45, 7) is 0.555. The molecule has 1 aromatic carbocycles. The Hall–Kier alpha value is -4.38. The molecule has 0 saturated carbocycles. The van der Waals surface area contributed by atoms with Gasteiger partial charge in [0.05, 0.1) is 45.0 Å². The summed E-state index contributed by atoms with van der Waals surface area (Å²) in [5, 5.41) is 5.49. The van der Waals surface area contributed by atoms with E-state index in [1.807, 2.05) is 0 Å². The molecule has 2 unspecified atom stereocenters. The highest BCUT2D eigenvalue weighted by molar-refractivity contribution is 6.04. The van der Waals surface area contributed by atoms with Crippen LogP contribution in [0.25, 0.3) is 0 Å². The average Bonchev–Trinajstić information content (AvgIpc) is 3.68. The van der Waals surface area contributed by atoms with Gasteiger partial charge in [-0.1, -0.05) is 6.07 Å². The highest BCUT2D eigenvalue weighted by Gasteiger charge is 2.34. The van der Waals surface area contributed by atoms with E-state index < -0.39 is 30.3 Å². The minimum absolute atomic E-state index is 0.0662. The molecule has 0 spiro atoms. The fraction of sp³-hybridized carbons (Fsp3) is 0.333. The Bertz CT molecular complexity index is 1230. The van der Waals surface area contributed by atoms with Gasteiger partial charge >= 0.3 is 0 Å². The number of nitrogens with one attached hydrogen (secondary N) is 2. The third-order valence-electron chi connectivity index (χ3n) is 6.10. The highest BCUT2D eigenvalue weighted by atomic mass is 16.5. The number of amides is 3. The Morgan fingerprint density at radius 2 is 1.95 bits per heavy atom. The highest BCUT2D eigenvalue weighted by Crippen LogP contribution is 2.34. The van der Waals surface area contributed by atoms with Crippen LogP contribution in [0.5, 0.6) is 11.5 Å². The third kappa shape index (κ3) is 6.30. The molecule has 1 saturated heterocycles. The predicted octanol–water partition coefficient (Wildman–Crippen LogP) is 2.49. The van der Waals surface area contributed by atoms with Gasteiger partial charge in [0.15, 0.2) is 17.3 Å². The molecule has 2 N–H and O–H groups in total. The van der Waals surface area contributed by atoms with Gasteiger partial charge in [-0.25, -0.2) is 0 Å². The van der Waals surface area contributed by atoms with Crippen LogP contribution in [0.15, 0.2) is 65.5 Å². The number of anilines is 1. The van der Waals surface area contributed by atoms with Gasteiger partial charge in [0.2, 0.25) is 11.8 Å². The van der Waals surface area contributed by atoms with Crippen molar-refractivity contribution < 1.29 is 33.0 Å².